The number of rotatable bonds is 5. The summed E-state index contributed by atoms with van der Waals surface area (Å²) in [5.74, 6) is -1.23. The van der Waals surface area contributed by atoms with E-state index in [1.807, 2.05) is 0 Å². The first-order valence-corrected chi connectivity index (χ1v) is 7.34. The average molecular weight is 382 g/mol. The van der Waals surface area contributed by atoms with Crippen LogP contribution >= 0.6 is 11.8 Å². The Hall–Kier alpha value is -2.12. The number of carbonyl (C=O) groups is 1. The molecule has 0 aliphatic rings. The molecule has 1 aromatic carbocycles. The Balaban J connectivity index is 3.26. The second kappa shape index (κ2) is 7.84. The van der Waals surface area contributed by atoms with Gasteiger partial charge in [-0.1, -0.05) is 30.9 Å². The number of thioether (sulfide) groups is 1. The largest absolute Gasteiger partial charge is 0.467 e. The third-order valence-corrected chi connectivity index (χ3v) is 3.86. The van der Waals surface area contributed by atoms with Gasteiger partial charge in [-0.05, 0) is 35.5 Å². The van der Waals surface area contributed by atoms with Gasteiger partial charge in [0.25, 0.3) is 0 Å². The van der Waals surface area contributed by atoms with E-state index < -0.39 is 39.7 Å². The van der Waals surface area contributed by atoms with Gasteiger partial charge in [-0.25, -0.2) is 4.79 Å². The minimum Gasteiger partial charge on any atom is -0.467 e. The first-order valence-electron chi connectivity index (χ1n) is 6.52. The van der Waals surface area contributed by atoms with E-state index >= 15 is 0 Å². The van der Waals surface area contributed by atoms with Crippen LogP contribution < -0.4 is 0 Å². The quantitative estimate of drug-likeness (QED) is 0.397. The van der Waals surface area contributed by atoms with Crippen LogP contribution in [0.5, 0.6) is 0 Å². The highest BCUT2D eigenvalue weighted by Gasteiger charge is 2.46. The van der Waals surface area contributed by atoms with Gasteiger partial charge in [0, 0.05) is 0 Å². The Bertz CT molecular complexity index is 684. The molecule has 0 spiro atoms. The zero-order valence-corrected chi connectivity index (χ0v) is 13.6. The lowest BCUT2D eigenvalue weighted by atomic mass is 10.1. The molecule has 0 aromatic heterocycles. The van der Waals surface area contributed by atoms with Gasteiger partial charge in [0.15, 0.2) is 4.75 Å². The van der Waals surface area contributed by atoms with Crippen LogP contribution in [-0.2, 0) is 15.7 Å². The molecule has 0 fully saturated rings. The second-order valence-electron chi connectivity index (χ2n) is 4.63. The van der Waals surface area contributed by atoms with Crippen LogP contribution in [-0.4, -0.2) is 23.3 Å². The third-order valence-electron chi connectivity index (χ3n) is 2.87. The van der Waals surface area contributed by atoms with Gasteiger partial charge in [0.1, 0.15) is 0 Å². The fourth-order valence-corrected chi connectivity index (χ4v) is 2.61. The standard InChI is InChI=1S/C16H12F6O2S/c1-3-9-14(13(23)24-2,25-16(20,21)22)10-8-11-4-6-12(7-5-11)15(17,18)19/h4-10H,1H2,2H3/b10-8+. The fourth-order valence-electron chi connectivity index (χ4n) is 1.79. The van der Waals surface area contributed by atoms with Crippen LogP contribution in [0.25, 0.3) is 6.08 Å². The molecule has 0 saturated carbocycles. The number of hydrogen-bond acceptors (Lipinski definition) is 3. The van der Waals surface area contributed by atoms with Crippen molar-refractivity contribution in [3.63, 3.8) is 0 Å². The molecule has 9 heteroatoms. The van der Waals surface area contributed by atoms with Crippen molar-refractivity contribution < 1.29 is 35.9 Å². The van der Waals surface area contributed by atoms with Crippen molar-refractivity contribution in [1.82, 2.24) is 0 Å². The van der Waals surface area contributed by atoms with Crippen molar-refractivity contribution in [2.24, 2.45) is 0 Å². The van der Waals surface area contributed by atoms with Gasteiger partial charge in [0.2, 0.25) is 0 Å². The van der Waals surface area contributed by atoms with Crippen molar-refractivity contribution in [2.75, 3.05) is 7.11 Å². The molecule has 136 valence electrons. The molecule has 0 saturated heterocycles. The van der Waals surface area contributed by atoms with E-state index in [1.165, 1.54) is 0 Å². The van der Waals surface area contributed by atoms with E-state index in [9.17, 15) is 31.1 Å². The molecule has 25 heavy (non-hydrogen) atoms. The number of carbonyl (C=O) groups excluding carboxylic acids is 1. The minimum atomic E-state index is -4.79. The zero-order chi connectivity index (χ0) is 19.3. The molecule has 1 rings (SSSR count). The number of hydrogen-bond donors (Lipinski definition) is 0. The molecule has 1 unspecified atom stereocenters. The summed E-state index contributed by atoms with van der Waals surface area (Å²) in [4.78, 5) is 11.9. The summed E-state index contributed by atoms with van der Waals surface area (Å²) in [5.41, 5.74) is -3.41. The molecular weight excluding hydrogens is 370 g/mol. The average Bonchev–Trinajstić information content (AvgIpc) is 2.50. The summed E-state index contributed by atoms with van der Waals surface area (Å²) in [6.07, 6.45) is -1.80. The molecule has 2 nitrogen and oxygen atoms in total. The van der Waals surface area contributed by atoms with Crippen LogP contribution in [0.2, 0.25) is 0 Å². The first-order chi connectivity index (χ1) is 11.4. The van der Waals surface area contributed by atoms with Gasteiger partial charge in [-0.2, -0.15) is 26.3 Å². The molecule has 0 radical (unpaired) electrons. The maximum absolute atomic E-state index is 12.8. The third kappa shape index (κ3) is 6.03. The van der Waals surface area contributed by atoms with Gasteiger partial charge in [-0.15, -0.1) is 5.73 Å². The normalized spacial score (nSPS) is 14.7. The lowest BCUT2D eigenvalue weighted by Crippen LogP contribution is -2.35. The minimum absolute atomic E-state index is 0.168. The van der Waals surface area contributed by atoms with Crippen LogP contribution in [0.3, 0.4) is 0 Å². The van der Waals surface area contributed by atoms with Crippen molar-refractivity contribution in [1.29, 1.82) is 0 Å². The molecule has 0 aliphatic carbocycles. The molecule has 0 amide bonds. The Morgan fingerprint density at radius 2 is 1.72 bits per heavy atom. The Morgan fingerprint density at radius 1 is 1.16 bits per heavy atom. The van der Waals surface area contributed by atoms with Gasteiger partial charge in [-0.3, -0.25) is 0 Å². The Kier molecular flexibility index (Phi) is 6.56. The molecule has 0 heterocycles. The molecule has 1 aromatic rings. The summed E-state index contributed by atoms with van der Waals surface area (Å²) >= 11 is -0.666. The summed E-state index contributed by atoms with van der Waals surface area (Å²) < 4.78 is 78.1. The van der Waals surface area contributed by atoms with Gasteiger partial charge < -0.3 is 4.74 Å². The van der Waals surface area contributed by atoms with Crippen molar-refractivity contribution in [3.8, 4) is 0 Å². The van der Waals surface area contributed by atoms with E-state index in [1.54, 1.807) is 0 Å². The number of esters is 1. The highest BCUT2D eigenvalue weighted by molar-refractivity contribution is 8.02. The fraction of sp³-hybridized carbons (Fsp3) is 0.250. The smallest absolute Gasteiger partial charge is 0.443 e. The highest BCUT2D eigenvalue weighted by atomic mass is 32.2. The lowest BCUT2D eigenvalue weighted by molar-refractivity contribution is -0.141. The zero-order valence-electron chi connectivity index (χ0n) is 12.7. The number of benzene rings is 1. The van der Waals surface area contributed by atoms with Crippen molar-refractivity contribution >= 4 is 23.8 Å². The van der Waals surface area contributed by atoms with E-state index in [-0.39, 0.29) is 5.56 Å². The maximum atomic E-state index is 12.8. The predicted molar refractivity (Wildman–Crippen MR) is 82.6 cm³/mol. The van der Waals surface area contributed by atoms with Crippen LogP contribution in [0, 0.1) is 0 Å². The van der Waals surface area contributed by atoms with Crippen molar-refractivity contribution in [3.05, 3.63) is 59.9 Å². The highest BCUT2D eigenvalue weighted by Crippen LogP contribution is 2.43. The van der Waals surface area contributed by atoms with Gasteiger partial charge in [0.05, 0.1) is 12.7 Å². The van der Waals surface area contributed by atoms with Crippen LogP contribution in [0.15, 0.2) is 48.7 Å². The number of ether oxygens (including phenoxy) is 1. The lowest BCUT2D eigenvalue weighted by Gasteiger charge is -2.24. The maximum Gasteiger partial charge on any atom is 0.443 e. The summed E-state index contributed by atoms with van der Waals surface area (Å²) in [5, 5.41) is 0. The number of alkyl halides is 6. The Morgan fingerprint density at radius 3 is 2.12 bits per heavy atom. The van der Waals surface area contributed by atoms with Crippen LogP contribution in [0.1, 0.15) is 11.1 Å². The summed E-state index contributed by atoms with van der Waals surface area (Å²) in [7, 11) is 0.914. The van der Waals surface area contributed by atoms with E-state index in [4.69, 9.17) is 0 Å². The van der Waals surface area contributed by atoms with Gasteiger partial charge >= 0.3 is 17.7 Å². The predicted octanol–water partition coefficient (Wildman–Crippen LogP) is 5.22. The summed E-state index contributed by atoms with van der Waals surface area (Å²) in [6, 6.07) is 3.69. The number of halogens is 6. The monoisotopic (exact) mass is 382 g/mol. The second-order valence-corrected chi connectivity index (χ2v) is 5.98. The molecule has 0 aliphatic heterocycles. The van der Waals surface area contributed by atoms with E-state index in [2.05, 4.69) is 17.0 Å². The molecule has 0 bridgehead atoms. The summed E-state index contributed by atoms with van der Waals surface area (Å²) in [6.45, 7) is 3.16. The topological polar surface area (TPSA) is 26.3 Å². The van der Waals surface area contributed by atoms with Crippen molar-refractivity contribution in [2.45, 2.75) is 16.4 Å². The SMILES string of the molecule is C=C=CC(/C=C/c1ccc(C(F)(F)F)cc1)(SC(F)(F)F)C(=O)OC. The Labute approximate surface area is 143 Å². The number of methoxy groups -OCH3 is 1. The first kappa shape index (κ1) is 20.9. The molecular formula is C16H12F6O2S. The van der Waals surface area contributed by atoms with E-state index in [0.717, 1.165) is 49.6 Å². The van der Waals surface area contributed by atoms with E-state index in [0.29, 0.717) is 0 Å². The van der Waals surface area contributed by atoms with Crippen LogP contribution in [0.4, 0.5) is 26.3 Å². The molecule has 1 atom stereocenters. The molecule has 0 N–H and O–H groups in total.